The highest BCUT2D eigenvalue weighted by molar-refractivity contribution is 5.98. The van der Waals surface area contributed by atoms with Crippen molar-refractivity contribution in [3.05, 3.63) is 79.4 Å². The van der Waals surface area contributed by atoms with Crippen LogP contribution in [0.1, 0.15) is 37.8 Å². The first-order chi connectivity index (χ1) is 21.7. The normalized spacial score (nSPS) is 19.0. The van der Waals surface area contributed by atoms with Crippen LogP contribution in [-0.2, 0) is 0 Å². The van der Waals surface area contributed by atoms with Crippen molar-refractivity contribution in [3.63, 3.8) is 0 Å². The summed E-state index contributed by atoms with van der Waals surface area (Å²) in [5.74, 6) is 2.03. The van der Waals surface area contributed by atoms with E-state index in [4.69, 9.17) is 15.6 Å². The largest absolute Gasteiger partial charge is 0.457 e. The monoisotopic (exact) mass is 589 g/mol. The van der Waals surface area contributed by atoms with E-state index < -0.39 is 0 Å². The Morgan fingerprint density at radius 1 is 0.795 bits per heavy atom. The molecule has 3 N–H and O–H groups in total. The molecule has 6 heterocycles. The van der Waals surface area contributed by atoms with E-state index in [1.807, 2.05) is 54.6 Å². The molecule has 3 fully saturated rings. The van der Waals surface area contributed by atoms with Crippen molar-refractivity contribution in [2.75, 3.05) is 49.9 Å². The lowest BCUT2D eigenvalue weighted by molar-refractivity contribution is 0.0446. The van der Waals surface area contributed by atoms with Crippen LogP contribution in [0.5, 0.6) is 11.5 Å². The van der Waals surface area contributed by atoms with E-state index in [9.17, 15) is 0 Å². The first-order valence-corrected chi connectivity index (χ1v) is 15.9. The number of anilines is 2. The summed E-state index contributed by atoms with van der Waals surface area (Å²) in [5, 5.41) is 9.40. The number of piperidine rings is 2. The molecule has 44 heavy (non-hydrogen) atoms. The molecule has 8 rings (SSSR count). The van der Waals surface area contributed by atoms with Gasteiger partial charge in [0.1, 0.15) is 29.3 Å². The number of ether oxygens (including phenoxy) is 1. The summed E-state index contributed by atoms with van der Waals surface area (Å²) in [6.07, 6.45) is 10.7. The minimum atomic E-state index is 0.241. The molecule has 226 valence electrons. The summed E-state index contributed by atoms with van der Waals surface area (Å²) in [5.41, 5.74) is 10.3. The molecule has 3 saturated heterocycles. The van der Waals surface area contributed by atoms with Gasteiger partial charge < -0.3 is 25.3 Å². The van der Waals surface area contributed by atoms with Crippen LogP contribution >= 0.6 is 0 Å². The Balaban J connectivity index is 0.951. The number of nitrogens with zero attached hydrogens (tertiary/aromatic N) is 7. The average molecular weight is 590 g/mol. The fourth-order valence-corrected chi connectivity index (χ4v) is 7.09. The van der Waals surface area contributed by atoms with Gasteiger partial charge in [0.25, 0.3) is 0 Å². The lowest BCUT2D eigenvalue weighted by atomic mass is 9.98. The predicted octanol–water partition coefficient (Wildman–Crippen LogP) is 5.12. The molecule has 0 radical (unpaired) electrons. The van der Waals surface area contributed by atoms with E-state index in [-0.39, 0.29) is 6.04 Å². The summed E-state index contributed by atoms with van der Waals surface area (Å²) in [6, 6.07) is 21.6. The van der Waals surface area contributed by atoms with E-state index in [1.54, 1.807) is 6.33 Å². The fraction of sp³-hybridized carbons (Fsp3) is 0.382. The van der Waals surface area contributed by atoms with Crippen molar-refractivity contribution in [2.45, 2.75) is 43.8 Å². The van der Waals surface area contributed by atoms with Gasteiger partial charge in [-0.05, 0) is 81.2 Å². The zero-order valence-corrected chi connectivity index (χ0v) is 24.9. The number of hydrogen-bond acceptors (Lipinski definition) is 8. The van der Waals surface area contributed by atoms with Crippen molar-refractivity contribution < 1.29 is 4.74 Å². The lowest BCUT2D eigenvalue weighted by Gasteiger charge is -2.46. The van der Waals surface area contributed by atoms with Gasteiger partial charge in [0.15, 0.2) is 5.65 Å². The number of fused-ring (bicyclic) bond motifs is 1. The Morgan fingerprint density at radius 2 is 1.55 bits per heavy atom. The molecular formula is C34H39N9O. The number of rotatable bonds is 7. The van der Waals surface area contributed by atoms with E-state index in [2.05, 4.69) is 52.8 Å². The Kier molecular flexibility index (Phi) is 7.15. The van der Waals surface area contributed by atoms with Gasteiger partial charge >= 0.3 is 0 Å². The maximum atomic E-state index is 6.42. The molecule has 0 bridgehead atoms. The highest BCUT2D eigenvalue weighted by Gasteiger charge is 2.34. The number of hydrogen-bond donors (Lipinski definition) is 2. The molecule has 5 aromatic rings. The number of nitrogen functional groups attached to an aromatic ring is 1. The first kappa shape index (κ1) is 27.2. The SMILES string of the molecule is Nc1ncnc2c1c(-c1ccc(Oc3ccccc3)cc1)nn2C1CCN(c2ccn(C3CN(C4CCNCC4)C3)c2)CC1. The maximum Gasteiger partial charge on any atom is 0.164 e. The van der Waals surface area contributed by atoms with Crippen LogP contribution in [-0.4, -0.2) is 74.5 Å². The van der Waals surface area contributed by atoms with E-state index in [0.717, 1.165) is 78.9 Å². The van der Waals surface area contributed by atoms with Gasteiger partial charge in [-0.2, -0.15) is 5.10 Å². The van der Waals surface area contributed by atoms with E-state index in [1.165, 1.54) is 31.6 Å². The fourth-order valence-electron chi connectivity index (χ4n) is 7.09. The van der Waals surface area contributed by atoms with Crippen LogP contribution in [0.15, 0.2) is 79.4 Å². The highest BCUT2D eigenvalue weighted by atomic mass is 16.5. The van der Waals surface area contributed by atoms with Crippen molar-refractivity contribution >= 4 is 22.5 Å². The number of para-hydroxylation sites is 1. The van der Waals surface area contributed by atoms with Crippen LogP contribution in [0, 0.1) is 0 Å². The van der Waals surface area contributed by atoms with E-state index >= 15 is 0 Å². The predicted molar refractivity (Wildman–Crippen MR) is 173 cm³/mol. The van der Waals surface area contributed by atoms with Gasteiger partial charge in [0.2, 0.25) is 0 Å². The summed E-state index contributed by atoms with van der Waals surface area (Å²) in [7, 11) is 0. The molecular weight excluding hydrogens is 550 g/mol. The standard InChI is InChI=1S/C34H39N9O/c35-33-31-32(24-6-8-30(9-7-24)44-29-4-2-1-3-5-29)39-43(34(31)38-23-37-33)26-12-17-40(18-13-26)27-14-19-41(20-27)28-21-42(22-28)25-10-15-36-16-11-25/h1-9,14,19-20,23,25-26,28,36H,10-13,15-18,21-22H2,(H2,35,37,38). The minimum absolute atomic E-state index is 0.241. The number of likely N-dealkylation sites (tertiary alicyclic amines) is 1. The lowest BCUT2D eigenvalue weighted by Crippen LogP contribution is -2.55. The smallest absolute Gasteiger partial charge is 0.164 e. The molecule has 2 aromatic carbocycles. The van der Waals surface area contributed by atoms with Gasteiger partial charge in [0, 0.05) is 50.2 Å². The maximum absolute atomic E-state index is 6.42. The molecule has 0 aliphatic carbocycles. The molecule has 3 aromatic heterocycles. The summed E-state index contributed by atoms with van der Waals surface area (Å²) in [4.78, 5) is 14.1. The number of nitrogens with one attached hydrogen (secondary N) is 1. The number of aromatic nitrogens is 5. The molecule has 0 atom stereocenters. The quantitative estimate of drug-likeness (QED) is 0.270. The molecule has 0 unspecified atom stereocenters. The Hall–Kier alpha value is -4.41. The van der Waals surface area contributed by atoms with Crippen LogP contribution in [0.2, 0.25) is 0 Å². The van der Waals surface area contributed by atoms with Crippen molar-refractivity contribution in [3.8, 4) is 22.8 Å². The van der Waals surface area contributed by atoms with Crippen LogP contribution in [0.25, 0.3) is 22.3 Å². The average Bonchev–Trinajstić information content (AvgIpc) is 3.69. The third-order valence-electron chi connectivity index (χ3n) is 9.64. The van der Waals surface area contributed by atoms with Crippen molar-refractivity contribution in [2.24, 2.45) is 0 Å². The molecule has 0 saturated carbocycles. The van der Waals surface area contributed by atoms with Gasteiger partial charge in [-0.15, -0.1) is 0 Å². The second kappa shape index (κ2) is 11.6. The van der Waals surface area contributed by atoms with Gasteiger partial charge in [-0.25, -0.2) is 14.6 Å². The van der Waals surface area contributed by atoms with Crippen LogP contribution < -0.4 is 20.7 Å². The number of benzene rings is 2. The Bertz CT molecular complexity index is 1710. The Labute approximate surface area is 257 Å². The van der Waals surface area contributed by atoms with E-state index in [0.29, 0.717) is 11.9 Å². The van der Waals surface area contributed by atoms with Gasteiger partial charge in [-0.3, -0.25) is 4.90 Å². The highest BCUT2D eigenvalue weighted by Crippen LogP contribution is 2.36. The molecule has 0 spiro atoms. The first-order valence-electron chi connectivity index (χ1n) is 15.9. The second-order valence-electron chi connectivity index (χ2n) is 12.3. The minimum Gasteiger partial charge on any atom is -0.457 e. The summed E-state index contributed by atoms with van der Waals surface area (Å²) >= 11 is 0. The zero-order chi connectivity index (χ0) is 29.5. The van der Waals surface area contributed by atoms with Gasteiger partial charge in [0.05, 0.1) is 23.2 Å². The molecule has 3 aliphatic heterocycles. The molecule has 10 heteroatoms. The summed E-state index contributed by atoms with van der Waals surface area (Å²) in [6.45, 7) is 6.60. The number of nitrogens with two attached hydrogens (primary N) is 1. The molecule has 0 amide bonds. The zero-order valence-electron chi connectivity index (χ0n) is 24.9. The molecule has 10 nitrogen and oxygen atoms in total. The third kappa shape index (κ3) is 5.18. The second-order valence-corrected chi connectivity index (χ2v) is 12.3. The summed E-state index contributed by atoms with van der Waals surface area (Å²) < 4.78 is 10.5. The topological polar surface area (TPSA) is 102 Å². The van der Waals surface area contributed by atoms with Crippen LogP contribution in [0.4, 0.5) is 11.5 Å². The van der Waals surface area contributed by atoms with Crippen LogP contribution in [0.3, 0.4) is 0 Å². The third-order valence-corrected chi connectivity index (χ3v) is 9.64. The van der Waals surface area contributed by atoms with Crippen molar-refractivity contribution in [1.82, 2.24) is 34.5 Å². The van der Waals surface area contributed by atoms with Crippen molar-refractivity contribution in [1.29, 1.82) is 0 Å². The Morgan fingerprint density at radius 3 is 2.32 bits per heavy atom. The molecule has 3 aliphatic rings. The van der Waals surface area contributed by atoms with Gasteiger partial charge in [-0.1, -0.05) is 18.2 Å².